The van der Waals surface area contributed by atoms with Crippen LogP contribution in [0.2, 0.25) is 0 Å². The third-order valence-electron chi connectivity index (χ3n) is 5.86. The van der Waals surface area contributed by atoms with Crippen molar-refractivity contribution in [1.82, 2.24) is 20.0 Å². The molecule has 2 fully saturated rings. The number of likely N-dealkylation sites (tertiary alicyclic amines) is 1. The van der Waals surface area contributed by atoms with Gasteiger partial charge in [-0.25, -0.2) is 0 Å². The molecule has 1 aliphatic heterocycles. The summed E-state index contributed by atoms with van der Waals surface area (Å²) in [5.41, 5.74) is 0. The maximum Gasteiger partial charge on any atom is 0.401 e. The number of hydrogen-bond donors (Lipinski definition) is 1. The van der Waals surface area contributed by atoms with E-state index in [1.807, 2.05) is 0 Å². The van der Waals surface area contributed by atoms with Crippen molar-refractivity contribution in [2.24, 2.45) is 10.9 Å². The minimum absolute atomic E-state index is 0.256. The van der Waals surface area contributed by atoms with Gasteiger partial charge < -0.3 is 15.1 Å². The predicted octanol–water partition coefficient (Wildman–Crippen LogP) is 2.64. The fourth-order valence-electron chi connectivity index (χ4n) is 4.30. The van der Waals surface area contributed by atoms with Crippen LogP contribution in [-0.2, 0) is 0 Å². The van der Waals surface area contributed by atoms with E-state index in [4.69, 9.17) is 0 Å². The first-order chi connectivity index (χ1) is 12.8. The predicted molar refractivity (Wildman–Crippen MR) is 104 cm³/mol. The van der Waals surface area contributed by atoms with Crippen LogP contribution in [0, 0.1) is 5.92 Å². The van der Waals surface area contributed by atoms with Crippen molar-refractivity contribution in [3.05, 3.63) is 0 Å². The van der Waals surface area contributed by atoms with Gasteiger partial charge in [0.05, 0.1) is 6.54 Å². The Labute approximate surface area is 162 Å². The van der Waals surface area contributed by atoms with Gasteiger partial charge in [0.1, 0.15) is 0 Å². The Bertz CT molecular complexity index is 463. The molecule has 158 valence electrons. The largest absolute Gasteiger partial charge is 0.401 e. The quantitative estimate of drug-likeness (QED) is 0.510. The van der Waals surface area contributed by atoms with Crippen molar-refractivity contribution in [1.29, 1.82) is 0 Å². The van der Waals surface area contributed by atoms with Crippen molar-refractivity contribution in [2.75, 3.05) is 59.9 Å². The molecule has 1 heterocycles. The zero-order chi connectivity index (χ0) is 19.9. The van der Waals surface area contributed by atoms with Crippen LogP contribution in [-0.4, -0.2) is 92.8 Å². The Hall–Kier alpha value is -1.02. The number of nitrogens with zero attached hydrogens (tertiary/aromatic N) is 4. The van der Waals surface area contributed by atoms with Gasteiger partial charge in [0.25, 0.3) is 0 Å². The topological polar surface area (TPSA) is 34.1 Å². The van der Waals surface area contributed by atoms with Crippen molar-refractivity contribution in [3.63, 3.8) is 0 Å². The smallest absolute Gasteiger partial charge is 0.355 e. The Morgan fingerprint density at radius 1 is 1.22 bits per heavy atom. The monoisotopic (exact) mass is 391 g/mol. The second-order valence-corrected chi connectivity index (χ2v) is 7.94. The molecule has 27 heavy (non-hydrogen) atoms. The molecule has 8 heteroatoms. The van der Waals surface area contributed by atoms with Gasteiger partial charge in [-0.1, -0.05) is 19.8 Å². The second-order valence-electron chi connectivity index (χ2n) is 7.94. The molecule has 0 aromatic carbocycles. The Morgan fingerprint density at radius 3 is 2.52 bits per heavy atom. The van der Waals surface area contributed by atoms with Crippen LogP contribution in [0.5, 0.6) is 0 Å². The first-order valence-electron chi connectivity index (χ1n) is 10.3. The molecule has 1 atom stereocenters. The summed E-state index contributed by atoms with van der Waals surface area (Å²) in [6, 6.07) is 0.707. The van der Waals surface area contributed by atoms with E-state index in [-0.39, 0.29) is 5.92 Å². The molecule has 0 aromatic heterocycles. The van der Waals surface area contributed by atoms with Crippen molar-refractivity contribution in [2.45, 2.75) is 51.2 Å². The van der Waals surface area contributed by atoms with Gasteiger partial charge in [0.15, 0.2) is 5.96 Å². The summed E-state index contributed by atoms with van der Waals surface area (Å²) in [4.78, 5) is 10.5. The van der Waals surface area contributed by atoms with Crippen LogP contribution in [0.1, 0.15) is 39.0 Å². The standard InChI is InChI=1S/C19H36F3N5/c1-4-26(15-19(20,21)22)13-16-9-11-27(14-16)18(23-2)24-10-12-25(3)17-7-5-6-8-17/h16-17H,4-15H2,1-3H3,(H,23,24). The van der Waals surface area contributed by atoms with Crippen LogP contribution in [0.4, 0.5) is 13.2 Å². The first kappa shape index (κ1) is 22.3. The van der Waals surface area contributed by atoms with Gasteiger partial charge in [-0.15, -0.1) is 0 Å². The number of guanidine groups is 1. The molecule has 1 unspecified atom stereocenters. The van der Waals surface area contributed by atoms with Gasteiger partial charge in [-0.2, -0.15) is 13.2 Å². The van der Waals surface area contributed by atoms with E-state index in [0.717, 1.165) is 38.6 Å². The summed E-state index contributed by atoms with van der Waals surface area (Å²) in [7, 11) is 3.96. The summed E-state index contributed by atoms with van der Waals surface area (Å²) in [6.07, 6.45) is 2.05. The Morgan fingerprint density at radius 2 is 1.93 bits per heavy atom. The zero-order valence-corrected chi connectivity index (χ0v) is 17.1. The van der Waals surface area contributed by atoms with E-state index < -0.39 is 12.7 Å². The van der Waals surface area contributed by atoms with Gasteiger partial charge in [0, 0.05) is 45.8 Å². The Kier molecular flexibility index (Phi) is 8.66. The molecule has 0 bridgehead atoms. The van der Waals surface area contributed by atoms with Crippen LogP contribution >= 0.6 is 0 Å². The lowest BCUT2D eigenvalue weighted by atomic mass is 10.1. The molecule has 2 rings (SSSR count). The van der Waals surface area contributed by atoms with Gasteiger partial charge in [-0.3, -0.25) is 9.89 Å². The van der Waals surface area contributed by atoms with Gasteiger partial charge in [-0.05, 0) is 38.8 Å². The lowest BCUT2D eigenvalue weighted by molar-refractivity contribution is -0.146. The number of hydrogen-bond acceptors (Lipinski definition) is 3. The van der Waals surface area contributed by atoms with E-state index in [1.54, 1.807) is 14.0 Å². The highest BCUT2D eigenvalue weighted by Gasteiger charge is 2.33. The van der Waals surface area contributed by atoms with Gasteiger partial charge in [0.2, 0.25) is 0 Å². The number of likely N-dealkylation sites (N-methyl/N-ethyl adjacent to an activating group) is 1. The van der Waals surface area contributed by atoms with Crippen LogP contribution in [0.15, 0.2) is 4.99 Å². The van der Waals surface area contributed by atoms with Crippen LogP contribution in [0.3, 0.4) is 0 Å². The SMILES string of the molecule is CCN(CC1CCN(C(=NC)NCCN(C)C2CCCC2)C1)CC(F)(F)F. The number of rotatable bonds is 8. The molecule has 1 aliphatic carbocycles. The van der Waals surface area contributed by atoms with E-state index in [0.29, 0.717) is 19.1 Å². The number of halogens is 3. The average molecular weight is 392 g/mol. The third-order valence-corrected chi connectivity index (χ3v) is 5.86. The number of alkyl halides is 3. The van der Waals surface area contributed by atoms with Crippen molar-refractivity contribution < 1.29 is 13.2 Å². The summed E-state index contributed by atoms with van der Waals surface area (Å²) < 4.78 is 38.0. The van der Waals surface area contributed by atoms with E-state index >= 15 is 0 Å². The second kappa shape index (κ2) is 10.5. The summed E-state index contributed by atoms with van der Waals surface area (Å²) in [6.45, 7) is 5.34. The molecule has 1 saturated heterocycles. The molecular formula is C19H36F3N5. The maximum absolute atomic E-state index is 12.7. The summed E-state index contributed by atoms with van der Waals surface area (Å²) >= 11 is 0. The molecular weight excluding hydrogens is 355 g/mol. The molecule has 5 nitrogen and oxygen atoms in total. The minimum atomic E-state index is -4.13. The molecule has 0 radical (unpaired) electrons. The van der Waals surface area contributed by atoms with Crippen LogP contribution < -0.4 is 5.32 Å². The number of aliphatic imine (C=N–C) groups is 1. The summed E-state index contributed by atoms with van der Waals surface area (Å²) in [5, 5.41) is 3.43. The van der Waals surface area contributed by atoms with E-state index in [1.165, 1.54) is 30.6 Å². The van der Waals surface area contributed by atoms with Gasteiger partial charge >= 0.3 is 6.18 Å². The third kappa shape index (κ3) is 7.49. The Balaban J connectivity index is 1.73. The van der Waals surface area contributed by atoms with Crippen LogP contribution in [0.25, 0.3) is 0 Å². The van der Waals surface area contributed by atoms with E-state index in [9.17, 15) is 13.2 Å². The number of nitrogens with one attached hydrogen (secondary N) is 1. The fraction of sp³-hybridized carbons (Fsp3) is 0.947. The molecule has 1 saturated carbocycles. The molecule has 1 N–H and O–H groups in total. The van der Waals surface area contributed by atoms with E-state index in [2.05, 4.69) is 27.2 Å². The summed E-state index contributed by atoms with van der Waals surface area (Å²) in [5.74, 6) is 1.13. The van der Waals surface area contributed by atoms with Crippen molar-refractivity contribution in [3.8, 4) is 0 Å². The zero-order valence-electron chi connectivity index (χ0n) is 17.1. The van der Waals surface area contributed by atoms with Crippen molar-refractivity contribution >= 4 is 5.96 Å². The first-order valence-corrected chi connectivity index (χ1v) is 10.3. The molecule has 0 spiro atoms. The highest BCUT2D eigenvalue weighted by atomic mass is 19.4. The lowest BCUT2D eigenvalue weighted by Crippen LogP contribution is -2.44. The fourth-order valence-corrected chi connectivity index (χ4v) is 4.30. The highest BCUT2D eigenvalue weighted by molar-refractivity contribution is 5.80. The maximum atomic E-state index is 12.7. The lowest BCUT2D eigenvalue weighted by Gasteiger charge is -2.27. The minimum Gasteiger partial charge on any atom is -0.355 e. The molecule has 2 aliphatic rings. The normalized spacial score (nSPS) is 22.4. The average Bonchev–Trinajstić information content (AvgIpc) is 3.28. The molecule has 0 aromatic rings. The molecule has 0 amide bonds. The highest BCUT2D eigenvalue weighted by Crippen LogP contribution is 2.22.